The maximum Gasteiger partial charge on any atom is 0.129 e. The molecule has 0 aliphatic heterocycles. The van der Waals surface area contributed by atoms with Gasteiger partial charge in [-0.3, -0.25) is 0 Å². The summed E-state index contributed by atoms with van der Waals surface area (Å²) in [5, 5.41) is 0. The van der Waals surface area contributed by atoms with Gasteiger partial charge in [0, 0.05) is 8.41 Å². The van der Waals surface area contributed by atoms with Crippen molar-refractivity contribution in [1.29, 1.82) is 0 Å². The minimum absolute atomic E-state index is 0. The normalized spacial score (nSPS) is 13.6. The molecule has 0 spiro atoms. The van der Waals surface area contributed by atoms with E-state index in [1.165, 1.54) is 0 Å². The number of hydrogen-bond donors (Lipinski definition) is 0. The smallest absolute Gasteiger partial charge is 0.129 e. The Hall–Kier alpha value is 0.0849. The van der Waals surface area contributed by atoms with Crippen molar-refractivity contribution in [1.82, 2.24) is 4.90 Å². The molecular formula is C9H15BCl2N. The monoisotopic (exact) mass is 218 g/mol. The van der Waals surface area contributed by atoms with Gasteiger partial charge in [-0.1, -0.05) is 18.2 Å². The second-order valence-corrected chi connectivity index (χ2v) is 4.11. The molecule has 13 heavy (non-hydrogen) atoms. The molecule has 0 aromatic carbocycles. The van der Waals surface area contributed by atoms with Crippen molar-refractivity contribution in [2.75, 3.05) is 21.1 Å². The van der Waals surface area contributed by atoms with Gasteiger partial charge in [0.1, 0.15) is 4.84 Å². The van der Waals surface area contributed by atoms with E-state index in [0.717, 1.165) is 12.0 Å². The molecule has 0 bridgehead atoms. The highest BCUT2D eigenvalue weighted by Crippen LogP contribution is 2.21. The molecule has 0 unspecified atom stereocenters. The summed E-state index contributed by atoms with van der Waals surface area (Å²) in [5.41, 5.74) is 1.09. The Morgan fingerprint density at radius 2 is 1.77 bits per heavy atom. The Kier molecular flexibility index (Phi) is 10.4. The second kappa shape index (κ2) is 8.67. The number of nitrogens with zero attached hydrogens (tertiary/aromatic N) is 1. The molecule has 0 N–H and O–H groups in total. The van der Waals surface area contributed by atoms with Crippen LogP contribution in [0, 0.1) is 0 Å². The van der Waals surface area contributed by atoms with Crippen LogP contribution < -0.4 is 0 Å². The van der Waals surface area contributed by atoms with Gasteiger partial charge in [0.25, 0.3) is 0 Å². The zero-order valence-corrected chi connectivity index (χ0v) is 9.81. The molecule has 0 saturated carbocycles. The fourth-order valence-corrected chi connectivity index (χ4v) is 0.949. The quantitative estimate of drug-likeness (QED) is 0.483. The maximum absolute atomic E-state index is 5.54. The van der Waals surface area contributed by atoms with Crippen LogP contribution in [-0.2, 0) is 0 Å². The van der Waals surface area contributed by atoms with E-state index in [1.807, 2.05) is 44.3 Å². The number of allylic oxidation sites excluding steroid dienone is 4. The standard InChI is InChI=1S/C6H6Cl2.C3H9N.B/c7-6(8)5-3-1-2-4-5;1-4(2)3;/h1-3,6H,4H2;1-3H3;. The van der Waals surface area contributed by atoms with E-state index in [4.69, 9.17) is 23.2 Å². The first-order valence-electron chi connectivity index (χ1n) is 3.78. The van der Waals surface area contributed by atoms with Crippen molar-refractivity contribution in [2.45, 2.75) is 11.3 Å². The van der Waals surface area contributed by atoms with Crippen molar-refractivity contribution in [3.63, 3.8) is 0 Å². The highest BCUT2D eigenvalue weighted by Gasteiger charge is 2.06. The molecule has 1 rings (SSSR count). The van der Waals surface area contributed by atoms with E-state index in [2.05, 4.69) is 0 Å². The third-order valence-electron chi connectivity index (χ3n) is 1.08. The van der Waals surface area contributed by atoms with Crippen molar-refractivity contribution in [3.8, 4) is 0 Å². The molecule has 0 heterocycles. The lowest BCUT2D eigenvalue weighted by Crippen LogP contribution is -1.99. The van der Waals surface area contributed by atoms with Crippen LogP contribution in [-0.4, -0.2) is 39.3 Å². The second-order valence-electron chi connectivity index (χ2n) is 3.02. The summed E-state index contributed by atoms with van der Waals surface area (Å²) in [4.78, 5) is 1.69. The van der Waals surface area contributed by atoms with Crippen LogP contribution in [0.1, 0.15) is 6.42 Å². The molecule has 0 fully saturated rings. The summed E-state index contributed by atoms with van der Waals surface area (Å²) in [7, 11) is 6.00. The number of alkyl halides is 2. The SMILES string of the molecule is CN(C)C.ClC(Cl)C1=CC=CC1.[B]. The first-order valence-corrected chi connectivity index (χ1v) is 4.66. The predicted molar refractivity (Wildman–Crippen MR) is 62.7 cm³/mol. The average Bonchev–Trinajstić information content (AvgIpc) is 2.34. The number of hydrogen-bond acceptors (Lipinski definition) is 1. The highest BCUT2D eigenvalue weighted by atomic mass is 35.5. The van der Waals surface area contributed by atoms with Crippen LogP contribution in [0.15, 0.2) is 23.8 Å². The Bertz CT molecular complexity index is 174. The van der Waals surface area contributed by atoms with Gasteiger partial charge in [-0.2, -0.15) is 0 Å². The van der Waals surface area contributed by atoms with Crippen molar-refractivity contribution >= 4 is 31.6 Å². The number of halogens is 2. The Morgan fingerprint density at radius 1 is 1.31 bits per heavy atom. The molecule has 1 nitrogen and oxygen atoms in total. The molecule has 4 heteroatoms. The summed E-state index contributed by atoms with van der Waals surface area (Å²) >= 11 is 11.1. The zero-order chi connectivity index (χ0) is 9.56. The first kappa shape index (κ1) is 15.6. The van der Waals surface area contributed by atoms with Gasteiger partial charge >= 0.3 is 0 Å². The topological polar surface area (TPSA) is 3.24 Å². The van der Waals surface area contributed by atoms with E-state index < -0.39 is 0 Å². The molecule has 0 saturated heterocycles. The van der Waals surface area contributed by atoms with Crippen LogP contribution in [0.3, 0.4) is 0 Å². The fraction of sp³-hybridized carbons (Fsp3) is 0.556. The average molecular weight is 219 g/mol. The van der Waals surface area contributed by atoms with Crippen molar-refractivity contribution < 1.29 is 0 Å². The van der Waals surface area contributed by atoms with E-state index in [-0.39, 0.29) is 13.2 Å². The predicted octanol–water partition coefficient (Wildman–Crippen LogP) is 2.47. The third-order valence-corrected chi connectivity index (χ3v) is 1.64. The third kappa shape index (κ3) is 10.0. The summed E-state index contributed by atoms with van der Waals surface area (Å²) in [6.07, 6.45) is 6.86. The lowest BCUT2D eigenvalue weighted by atomic mass is 10.3. The van der Waals surface area contributed by atoms with Crippen LogP contribution in [0.2, 0.25) is 0 Å². The van der Waals surface area contributed by atoms with Crippen molar-refractivity contribution in [3.05, 3.63) is 23.8 Å². The van der Waals surface area contributed by atoms with E-state index in [1.54, 1.807) is 0 Å². The molecule has 0 atom stereocenters. The summed E-state index contributed by atoms with van der Waals surface area (Å²) in [6, 6.07) is 0. The zero-order valence-electron chi connectivity index (χ0n) is 8.30. The van der Waals surface area contributed by atoms with Gasteiger partial charge < -0.3 is 4.90 Å². The first-order chi connectivity index (χ1) is 5.54. The van der Waals surface area contributed by atoms with Crippen LogP contribution in [0.5, 0.6) is 0 Å². The summed E-state index contributed by atoms with van der Waals surface area (Å²) < 4.78 is 0. The van der Waals surface area contributed by atoms with E-state index in [9.17, 15) is 0 Å². The van der Waals surface area contributed by atoms with Gasteiger partial charge in [0.15, 0.2) is 0 Å². The highest BCUT2D eigenvalue weighted by molar-refractivity contribution is 6.46. The van der Waals surface area contributed by atoms with Crippen LogP contribution in [0.4, 0.5) is 0 Å². The minimum Gasteiger partial charge on any atom is -0.312 e. The molecule has 1 aliphatic rings. The number of rotatable bonds is 1. The summed E-state index contributed by atoms with van der Waals surface area (Å²) in [6.45, 7) is 0. The van der Waals surface area contributed by atoms with Crippen molar-refractivity contribution in [2.24, 2.45) is 0 Å². The molecule has 0 amide bonds. The fourth-order valence-electron chi connectivity index (χ4n) is 0.626. The minimum atomic E-state index is -0.315. The largest absolute Gasteiger partial charge is 0.312 e. The molecule has 73 valence electrons. The lowest BCUT2D eigenvalue weighted by molar-refractivity contribution is 0.505. The Labute approximate surface area is 93.0 Å². The van der Waals surface area contributed by atoms with Gasteiger partial charge in [0.05, 0.1) is 0 Å². The van der Waals surface area contributed by atoms with E-state index in [0.29, 0.717) is 0 Å². The van der Waals surface area contributed by atoms with Gasteiger partial charge in [-0.25, -0.2) is 0 Å². The lowest BCUT2D eigenvalue weighted by Gasteiger charge is -1.97. The molecule has 1 aliphatic carbocycles. The molecule has 3 radical (unpaired) electrons. The molecular weight excluding hydrogens is 204 g/mol. The molecule has 0 aromatic rings. The summed E-state index contributed by atoms with van der Waals surface area (Å²) in [5.74, 6) is 0. The maximum atomic E-state index is 5.54. The van der Waals surface area contributed by atoms with Crippen LogP contribution >= 0.6 is 23.2 Å². The van der Waals surface area contributed by atoms with E-state index >= 15 is 0 Å². The molecule has 0 aromatic heterocycles. The van der Waals surface area contributed by atoms with Gasteiger partial charge in [-0.15, -0.1) is 23.2 Å². The Balaban J connectivity index is 0. The van der Waals surface area contributed by atoms with Gasteiger partial charge in [0.2, 0.25) is 0 Å². The van der Waals surface area contributed by atoms with Crippen LogP contribution in [0.25, 0.3) is 0 Å². The Morgan fingerprint density at radius 3 is 1.92 bits per heavy atom. The van der Waals surface area contributed by atoms with Gasteiger partial charge in [-0.05, 0) is 33.1 Å².